The van der Waals surface area contributed by atoms with Gasteiger partial charge in [-0.2, -0.15) is 5.10 Å². The van der Waals surface area contributed by atoms with Crippen LogP contribution in [0.1, 0.15) is 36.1 Å². The monoisotopic (exact) mass is 357 g/mol. The number of likely N-dealkylation sites (tertiary alicyclic amines) is 1. The van der Waals surface area contributed by atoms with Crippen molar-refractivity contribution in [3.8, 4) is 0 Å². The number of benzene rings is 1. The molecule has 2 aromatic rings. The highest BCUT2D eigenvalue weighted by molar-refractivity contribution is 6.31. The summed E-state index contributed by atoms with van der Waals surface area (Å²) in [6.07, 6.45) is 7.60. The molecule has 0 N–H and O–H groups in total. The Labute approximate surface area is 154 Å². The lowest BCUT2D eigenvalue weighted by Crippen LogP contribution is -2.34. The van der Waals surface area contributed by atoms with Crippen molar-refractivity contribution in [3.63, 3.8) is 0 Å². The second kappa shape index (κ2) is 7.87. The zero-order chi connectivity index (χ0) is 17.8. The van der Waals surface area contributed by atoms with E-state index in [1.165, 1.54) is 5.56 Å². The van der Waals surface area contributed by atoms with Gasteiger partial charge in [0.1, 0.15) is 5.15 Å². The molecule has 1 atom stereocenters. The van der Waals surface area contributed by atoms with Gasteiger partial charge in [-0.05, 0) is 44.2 Å². The molecule has 25 heavy (non-hydrogen) atoms. The topological polar surface area (TPSA) is 38.1 Å². The maximum absolute atomic E-state index is 12.6. The van der Waals surface area contributed by atoms with Gasteiger partial charge >= 0.3 is 0 Å². The van der Waals surface area contributed by atoms with Crippen molar-refractivity contribution in [1.82, 2.24) is 14.7 Å². The summed E-state index contributed by atoms with van der Waals surface area (Å²) < 4.78 is 1.62. The number of aryl methyl sites for hydroxylation is 3. The van der Waals surface area contributed by atoms with Crippen LogP contribution in [0.5, 0.6) is 0 Å². The summed E-state index contributed by atoms with van der Waals surface area (Å²) in [6.45, 7) is 2.73. The number of halogens is 1. The molecule has 0 bridgehead atoms. The Morgan fingerprint density at radius 3 is 2.80 bits per heavy atom. The molecule has 1 aromatic heterocycles. The van der Waals surface area contributed by atoms with Gasteiger partial charge in [0.25, 0.3) is 0 Å². The van der Waals surface area contributed by atoms with Gasteiger partial charge in [-0.3, -0.25) is 9.48 Å². The van der Waals surface area contributed by atoms with Gasteiger partial charge in [-0.15, -0.1) is 0 Å². The van der Waals surface area contributed by atoms with Crippen molar-refractivity contribution in [1.29, 1.82) is 0 Å². The highest BCUT2D eigenvalue weighted by Crippen LogP contribution is 2.24. The Morgan fingerprint density at radius 1 is 1.36 bits per heavy atom. The molecule has 1 saturated heterocycles. The highest BCUT2D eigenvalue weighted by Gasteiger charge is 2.27. The van der Waals surface area contributed by atoms with Gasteiger partial charge in [-0.1, -0.05) is 41.9 Å². The zero-order valence-electron chi connectivity index (χ0n) is 14.8. The Morgan fingerprint density at radius 2 is 2.12 bits per heavy atom. The van der Waals surface area contributed by atoms with Crippen LogP contribution in [0.15, 0.2) is 36.4 Å². The average Bonchev–Trinajstić information content (AvgIpc) is 3.17. The van der Waals surface area contributed by atoms with Gasteiger partial charge in [0.2, 0.25) is 5.91 Å². The van der Waals surface area contributed by atoms with Gasteiger partial charge < -0.3 is 4.90 Å². The normalized spacial score (nSPS) is 17.6. The molecule has 1 aliphatic rings. The molecule has 0 aliphatic carbocycles. The molecule has 2 heterocycles. The third-order valence-corrected chi connectivity index (χ3v) is 5.31. The number of hydrogen-bond acceptors (Lipinski definition) is 2. The molecule has 1 aliphatic heterocycles. The minimum Gasteiger partial charge on any atom is -0.336 e. The lowest BCUT2D eigenvalue weighted by molar-refractivity contribution is -0.126. The Balaban J connectivity index is 1.63. The molecule has 1 fully saturated rings. The van der Waals surface area contributed by atoms with E-state index in [0.29, 0.717) is 11.2 Å². The van der Waals surface area contributed by atoms with Crippen molar-refractivity contribution in [3.05, 3.63) is 58.4 Å². The van der Waals surface area contributed by atoms with Crippen LogP contribution in [0.25, 0.3) is 6.08 Å². The third-order valence-electron chi connectivity index (χ3n) is 4.86. The van der Waals surface area contributed by atoms with E-state index in [-0.39, 0.29) is 5.91 Å². The first-order chi connectivity index (χ1) is 12.1. The first kappa shape index (κ1) is 17.7. The second-order valence-corrected chi connectivity index (χ2v) is 6.96. The summed E-state index contributed by atoms with van der Waals surface area (Å²) in [5, 5.41) is 4.83. The Bertz CT molecular complexity index is 767. The smallest absolute Gasteiger partial charge is 0.246 e. The van der Waals surface area contributed by atoms with Crippen LogP contribution in [0, 0.1) is 6.92 Å². The van der Waals surface area contributed by atoms with Crippen LogP contribution in [-0.2, 0) is 18.3 Å². The standard InChI is InChI=1S/C20H24ClN3O/c1-15-18(20(21)23(2)22-15)12-13-19(25)24-14-6-9-17(24)11-10-16-7-4-3-5-8-16/h3-5,7-8,12-13,17H,6,9-11,14H2,1-2H3/b13-12+/t17-/m0/s1. The van der Waals surface area contributed by atoms with Crippen molar-refractivity contribution < 1.29 is 4.79 Å². The van der Waals surface area contributed by atoms with E-state index in [1.54, 1.807) is 23.9 Å². The molecule has 5 heteroatoms. The van der Waals surface area contributed by atoms with E-state index in [4.69, 9.17) is 11.6 Å². The van der Waals surface area contributed by atoms with Crippen LogP contribution in [0.2, 0.25) is 5.15 Å². The quantitative estimate of drug-likeness (QED) is 0.758. The van der Waals surface area contributed by atoms with Crippen molar-refractivity contribution in [2.24, 2.45) is 7.05 Å². The molecule has 0 saturated carbocycles. The fourth-order valence-corrected chi connectivity index (χ4v) is 3.73. The maximum Gasteiger partial charge on any atom is 0.246 e. The first-order valence-corrected chi connectivity index (χ1v) is 9.15. The molecule has 132 valence electrons. The molecule has 1 amide bonds. The molecule has 0 unspecified atom stereocenters. The van der Waals surface area contributed by atoms with Crippen LogP contribution in [-0.4, -0.2) is 33.2 Å². The zero-order valence-corrected chi connectivity index (χ0v) is 15.5. The van der Waals surface area contributed by atoms with E-state index in [1.807, 2.05) is 17.9 Å². The molecular formula is C20H24ClN3O. The molecule has 4 nitrogen and oxygen atoms in total. The SMILES string of the molecule is Cc1nn(C)c(Cl)c1/C=C/C(=O)N1CCC[C@H]1CCc1ccccc1. The minimum absolute atomic E-state index is 0.0647. The predicted molar refractivity (Wildman–Crippen MR) is 101 cm³/mol. The van der Waals surface area contributed by atoms with Gasteiger partial charge in [0.05, 0.1) is 5.69 Å². The Kier molecular flexibility index (Phi) is 5.59. The first-order valence-electron chi connectivity index (χ1n) is 8.78. The summed E-state index contributed by atoms with van der Waals surface area (Å²) in [4.78, 5) is 14.6. The predicted octanol–water partition coefficient (Wildman–Crippen LogP) is 4.02. The van der Waals surface area contributed by atoms with Crippen LogP contribution >= 0.6 is 11.6 Å². The number of aromatic nitrogens is 2. The van der Waals surface area contributed by atoms with E-state index in [0.717, 1.165) is 43.5 Å². The van der Waals surface area contributed by atoms with E-state index < -0.39 is 0 Å². The lowest BCUT2D eigenvalue weighted by Gasteiger charge is -2.23. The largest absolute Gasteiger partial charge is 0.336 e. The van der Waals surface area contributed by atoms with E-state index in [2.05, 4.69) is 29.4 Å². The number of nitrogens with zero attached hydrogens (tertiary/aromatic N) is 3. The lowest BCUT2D eigenvalue weighted by atomic mass is 10.0. The molecule has 0 spiro atoms. The minimum atomic E-state index is 0.0647. The maximum atomic E-state index is 12.6. The third kappa shape index (κ3) is 4.13. The van der Waals surface area contributed by atoms with E-state index >= 15 is 0 Å². The summed E-state index contributed by atoms with van der Waals surface area (Å²) in [5.74, 6) is 0.0647. The van der Waals surface area contributed by atoms with Crippen LogP contribution in [0.4, 0.5) is 0 Å². The summed E-state index contributed by atoms with van der Waals surface area (Å²) in [6, 6.07) is 10.8. The highest BCUT2D eigenvalue weighted by atomic mass is 35.5. The summed E-state index contributed by atoms with van der Waals surface area (Å²) in [7, 11) is 1.80. The summed E-state index contributed by atoms with van der Waals surface area (Å²) in [5.41, 5.74) is 2.98. The number of amides is 1. The number of carbonyl (C=O) groups excluding carboxylic acids is 1. The van der Waals surface area contributed by atoms with E-state index in [9.17, 15) is 4.79 Å². The van der Waals surface area contributed by atoms with Gasteiger partial charge in [0.15, 0.2) is 0 Å². The van der Waals surface area contributed by atoms with Crippen molar-refractivity contribution >= 4 is 23.6 Å². The van der Waals surface area contributed by atoms with Crippen molar-refractivity contribution in [2.45, 2.75) is 38.6 Å². The molecule has 1 aromatic carbocycles. The second-order valence-electron chi connectivity index (χ2n) is 6.60. The fourth-order valence-electron chi connectivity index (χ4n) is 3.49. The number of carbonyl (C=O) groups is 1. The van der Waals surface area contributed by atoms with Gasteiger partial charge in [-0.25, -0.2) is 0 Å². The van der Waals surface area contributed by atoms with Crippen molar-refractivity contribution in [2.75, 3.05) is 6.54 Å². The molecular weight excluding hydrogens is 334 g/mol. The molecule has 3 rings (SSSR count). The Hall–Kier alpha value is -2.07. The van der Waals surface area contributed by atoms with Crippen LogP contribution < -0.4 is 0 Å². The number of hydrogen-bond donors (Lipinski definition) is 0. The van der Waals surface area contributed by atoms with Gasteiger partial charge in [0, 0.05) is 31.3 Å². The molecule has 0 radical (unpaired) electrons. The average molecular weight is 358 g/mol. The number of rotatable bonds is 5. The van der Waals surface area contributed by atoms with Crippen LogP contribution in [0.3, 0.4) is 0 Å². The summed E-state index contributed by atoms with van der Waals surface area (Å²) >= 11 is 6.23. The fraction of sp³-hybridized carbons (Fsp3) is 0.400.